The second kappa shape index (κ2) is 5.72. The van der Waals surface area contributed by atoms with Gasteiger partial charge in [-0.2, -0.15) is 0 Å². The van der Waals surface area contributed by atoms with Crippen LogP contribution in [0.25, 0.3) is 0 Å². The van der Waals surface area contributed by atoms with E-state index < -0.39 is 0 Å². The molecule has 0 unspecified atom stereocenters. The van der Waals surface area contributed by atoms with Crippen LogP contribution in [0.2, 0.25) is 0 Å². The van der Waals surface area contributed by atoms with E-state index in [4.69, 9.17) is 0 Å². The maximum Gasteiger partial charge on any atom is 0.185 e. The zero-order valence-corrected chi connectivity index (χ0v) is 12.1. The van der Waals surface area contributed by atoms with Gasteiger partial charge in [0.1, 0.15) is 0 Å². The third-order valence-electron chi connectivity index (χ3n) is 3.50. The lowest BCUT2D eigenvalue weighted by Crippen LogP contribution is -2.45. The Morgan fingerprint density at radius 1 is 1.11 bits per heavy atom. The minimum absolute atomic E-state index is 1.06. The minimum Gasteiger partial charge on any atom is -0.346 e. The fourth-order valence-electron chi connectivity index (χ4n) is 2.43. The largest absolute Gasteiger partial charge is 0.346 e. The van der Waals surface area contributed by atoms with Gasteiger partial charge in [-0.3, -0.25) is 4.90 Å². The van der Waals surface area contributed by atoms with Crippen LogP contribution in [-0.4, -0.2) is 36.1 Å². The Bertz CT molecular complexity index is 515. The van der Waals surface area contributed by atoms with Crippen LogP contribution in [0.5, 0.6) is 0 Å². The van der Waals surface area contributed by atoms with Crippen LogP contribution in [0.1, 0.15) is 11.3 Å². The summed E-state index contributed by atoms with van der Waals surface area (Å²) in [5, 5.41) is 3.31. The number of anilines is 1. The molecule has 0 aliphatic carbocycles. The van der Waals surface area contributed by atoms with E-state index in [-0.39, 0.29) is 0 Å². The summed E-state index contributed by atoms with van der Waals surface area (Å²) in [5.41, 5.74) is 2.53. The summed E-state index contributed by atoms with van der Waals surface area (Å²) in [5.74, 6) is 0. The van der Waals surface area contributed by atoms with Crippen LogP contribution < -0.4 is 4.90 Å². The fourth-order valence-corrected chi connectivity index (χ4v) is 3.28. The van der Waals surface area contributed by atoms with E-state index in [1.165, 1.54) is 10.7 Å². The summed E-state index contributed by atoms with van der Waals surface area (Å²) >= 11 is 1.76. The number of aromatic nitrogens is 1. The predicted octanol–water partition coefficient (Wildman–Crippen LogP) is 2.77. The molecule has 0 N–H and O–H groups in total. The molecule has 19 heavy (non-hydrogen) atoms. The Balaban J connectivity index is 1.55. The molecule has 3 rings (SSSR count). The van der Waals surface area contributed by atoms with Crippen LogP contribution in [0.3, 0.4) is 0 Å². The van der Waals surface area contributed by atoms with E-state index >= 15 is 0 Å². The van der Waals surface area contributed by atoms with Crippen molar-refractivity contribution in [3.05, 3.63) is 47.0 Å². The van der Waals surface area contributed by atoms with Gasteiger partial charge in [0.25, 0.3) is 0 Å². The molecule has 4 heteroatoms. The average Bonchev–Trinajstić information content (AvgIpc) is 2.87. The molecule has 0 spiro atoms. The highest BCUT2D eigenvalue weighted by Crippen LogP contribution is 2.21. The Morgan fingerprint density at radius 2 is 1.84 bits per heavy atom. The average molecular weight is 273 g/mol. The van der Waals surface area contributed by atoms with Crippen molar-refractivity contribution in [2.75, 3.05) is 31.1 Å². The molecule has 1 aromatic carbocycles. The van der Waals surface area contributed by atoms with E-state index in [9.17, 15) is 0 Å². The summed E-state index contributed by atoms with van der Waals surface area (Å²) < 4.78 is 0. The van der Waals surface area contributed by atoms with Gasteiger partial charge in [-0.25, -0.2) is 4.98 Å². The number of thiazole rings is 1. The van der Waals surface area contributed by atoms with Gasteiger partial charge in [-0.1, -0.05) is 30.3 Å². The topological polar surface area (TPSA) is 19.4 Å². The summed E-state index contributed by atoms with van der Waals surface area (Å²) in [7, 11) is 0. The summed E-state index contributed by atoms with van der Waals surface area (Å²) in [6.45, 7) is 7.53. The van der Waals surface area contributed by atoms with E-state index in [0.717, 1.165) is 38.4 Å². The molecule has 0 atom stereocenters. The quantitative estimate of drug-likeness (QED) is 0.857. The SMILES string of the molecule is Cc1csc(N2CCN(Cc3ccccc3)CC2)n1. The van der Waals surface area contributed by atoms with Gasteiger partial charge in [0.15, 0.2) is 5.13 Å². The van der Waals surface area contributed by atoms with Gasteiger partial charge in [-0.05, 0) is 12.5 Å². The molecule has 0 radical (unpaired) electrons. The Kier molecular flexibility index (Phi) is 3.80. The first-order chi connectivity index (χ1) is 9.31. The molecule has 2 heterocycles. The van der Waals surface area contributed by atoms with E-state index in [2.05, 4.69) is 57.4 Å². The second-order valence-electron chi connectivity index (χ2n) is 5.02. The highest BCUT2D eigenvalue weighted by Gasteiger charge is 2.18. The highest BCUT2D eigenvalue weighted by molar-refractivity contribution is 7.13. The van der Waals surface area contributed by atoms with E-state index in [0.29, 0.717) is 0 Å². The van der Waals surface area contributed by atoms with Crippen molar-refractivity contribution in [3.63, 3.8) is 0 Å². The zero-order chi connectivity index (χ0) is 13.1. The molecule has 1 aromatic heterocycles. The predicted molar refractivity (Wildman–Crippen MR) is 80.8 cm³/mol. The van der Waals surface area contributed by atoms with Crippen molar-refractivity contribution in [2.24, 2.45) is 0 Å². The Labute approximate surface area is 118 Å². The third-order valence-corrected chi connectivity index (χ3v) is 4.52. The molecule has 1 fully saturated rings. The van der Waals surface area contributed by atoms with Gasteiger partial charge in [-0.15, -0.1) is 11.3 Å². The van der Waals surface area contributed by atoms with Crippen molar-refractivity contribution >= 4 is 16.5 Å². The molecular weight excluding hydrogens is 254 g/mol. The maximum atomic E-state index is 4.57. The van der Waals surface area contributed by atoms with Crippen LogP contribution in [-0.2, 0) is 6.54 Å². The first-order valence-corrected chi connectivity index (χ1v) is 7.62. The molecular formula is C15H19N3S. The van der Waals surface area contributed by atoms with Gasteiger partial charge in [0.05, 0.1) is 5.69 Å². The molecule has 1 aliphatic rings. The van der Waals surface area contributed by atoms with Crippen LogP contribution in [0.15, 0.2) is 35.7 Å². The van der Waals surface area contributed by atoms with Gasteiger partial charge in [0.2, 0.25) is 0 Å². The number of nitrogens with zero attached hydrogens (tertiary/aromatic N) is 3. The van der Waals surface area contributed by atoms with Crippen LogP contribution in [0, 0.1) is 6.92 Å². The lowest BCUT2D eigenvalue weighted by molar-refractivity contribution is 0.250. The molecule has 2 aromatic rings. The standard InChI is InChI=1S/C15H19N3S/c1-13-12-19-15(16-13)18-9-7-17(8-10-18)11-14-5-3-2-4-6-14/h2-6,12H,7-11H2,1H3. The maximum absolute atomic E-state index is 4.57. The van der Waals surface area contributed by atoms with Crippen molar-refractivity contribution in [1.82, 2.24) is 9.88 Å². The molecule has 3 nitrogen and oxygen atoms in total. The second-order valence-corrected chi connectivity index (χ2v) is 5.86. The molecule has 0 amide bonds. The lowest BCUT2D eigenvalue weighted by atomic mass is 10.2. The number of rotatable bonds is 3. The number of hydrogen-bond donors (Lipinski definition) is 0. The smallest absolute Gasteiger partial charge is 0.185 e. The molecule has 100 valence electrons. The Hall–Kier alpha value is -1.39. The van der Waals surface area contributed by atoms with Gasteiger partial charge < -0.3 is 4.90 Å². The first-order valence-electron chi connectivity index (χ1n) is 6.74. The van der Waals surface area contributed by atoms with Crippen molar-refractivity contribution in [2.45, 2.75) is 13.5 Å². The zero-order valence-electron chi connectivity index (χ0n) is 11.2. The fraction of sp³-hybridized carbons (Fsp3) is 0.400. The number of benzene rings is 1. The first kappa shape index (κ1) is 12.6. The summed E-state index contributed by atoms with van der Waals surface area (Å²) in [6.07, 6.45) is 0. The van der Waals surface area contributed by atoms with Crippen molar-refractivity contribution < 1.29 is 0 Å². The number of hydrogen-bond acceptors (Lipinski definition) is 4. The molecule has 0 bridgehead atoms. The van der Waals surface area contributed by atoms with Crippen LogP contribution >= 0.6 is 11.3 Å². The normalized spacial score (nSPS) is 16.8. The van der Waals surface area contributed by atoms with E-state index in [1.54, 1.807) is 11.3 Å². The summed E-state index contributed by atoms with van der Waals surface area (Å²) in [6, 6.07) is 10.7. The van der Waals surface area contributed by atoms with E-state index in [1.807, 2.05) is 0 Å². The minimum atomic E-state index is 1.06. The van der Waals surface area contributed by atoms with Crippen molar-refractivity contribution in [3.8, 4) is 0 Å². The monoisotopic (exact) mass is 273 g/mol. The van der Waals surface area contributed by atoms with Gasteiger partial charge in [0, 0.05) is 38.1 Å². The third kappa shape index (κ3) is 3.14. The van der Waals surface area contributed by atoms with Crippen LogP contribution in [0.4, 0.5) is 5.13 Å². The number of piperazine rings is 1. The van der Waals surface area contributed by atoms with Crippen molar-refractivity contribution in [1.29, 1.82) is 0 Å². The molecule has 1 aliphatic heterocycles. The highest BCUT2D eigenvalue weighted by atomic mass is 32.1. The van der Waals surface area contributed by atoms with Gasteiger partial charge >= 0.3 is 0 Å². The Morgan fingerprint density at radius 3 is 2.47 bits per heavy atom. The molecule has 0 saturated carbocycles. The number of aryl methyl sites for hydroxylation is 1. The lowest BCUT2D eigenvalue weighted by Gasteiger charge is -2.34. The molecule has 1 saturated heterocycles. The summed E-state index contributed by atoms with van der Waals surface area (Å²) in [4.78, 5) is 9.49.